The summed E-state index contributed by atoms with van der Waals surface area (Å²) in [6, 6.07) is 17.8. The third-order valence-corrected chi connectivity index (χ3v) is 3.71. The quantitative estimate of drug-likeness (QED) is 0.843. The molecule has 2 rings (SSSR count). The number of hydrogen-bond donors (Lipinski definition) is 2. The Bertz CT molecular complexity index is 587. The third kappa shape index (κ3) is 4.86. The lowest BCUT2D eigenvalue weighted by molar-refractivity contribution is -0.116. The van der Waals surface area contributed by atoms with Crippen molar-refractivity contribution < 1.29 is 4.79 Å². The second kappa shape index (κ2) is 9.23. The van der Waals surface area contributed by atoms with Gasteiger partial charge in [-0.3, -0.25) is 4.79 Å². The Labute approximate surface area is 138 Å². The van der Waals surface area contributed by atoms with Gasteiger partial charge in [0.15, 0.2) is 0 Å². The molecule has 3 N–H and O–H groups in total. The summed E-state index contributed by atoms with van der Waals surface area (Å²) in [5, 5.41) is 2.98. The van der Waals surface area contributed by atoms with Gasteiger partial charge in [0.2, 0.25) is 5.91 Å². The maximum Gasteiger partial charge on any atom is 0.224 e. The maximum absolute atomic E-state index is 12.3. The van der Waals surface area contributed by atoms with Crippen LogP contribution in [0.1, 0.15) is 36.8 Å². The van der Waals surface area contributed by atoms with Crippen molar-refractivity contribution in [1.29, 1.82) is 0 Å². The minimum absolute atomic E-state index is 0. The van der Waals surface area contributed by atoms with E-state index >= 15 is 0 Å². The predicted octanol–water partition coefficient (Wildman–Crippen LogP) is 4.09. The average molecular weight is 319 g/mol. The largest absolute Gasteiger partial charge is 0.326 e. The van der Waals surface area contributed by atoms with E-state index in [2.05, 4.69) is 24.4 Å². The molecule has 2 aromatic carbocycles. The first kappa shape index (κ1) is 18.2. The molecule has 0 spiro atoms. The number of anilines is 1. The van der Waals surface area contributed by atoms with Crippen LogP contribution in [0.25, 0.3) is 0 Å². The van der Waals surface area contributed by atoms with Gasteiger partial charge in [0.05, 0.1) is 0 Å². The van der Waals surface area contributed by atoms with Crippen molar-refractivity contribution in [2.24, 2.45) is 5.73 Å². The predicted molar refractivity (Wildman–Crippen MR) is 94.3 cm³/mol. The highest BCUT2D eigenvalue weighted by atomic mass is 35.5. The molecule has 2 aromatic rings. The summed E-state index contributed by atoms with van der Waals surface area (Å²) < 4.78 is 0. The van der Waals surface area contributed by atoms with Gasteiger partial charge < -0.3 is 11.1 Å². The molecule has 118 valence electrons. The molecule has 0 radical (unpaired) electrons. The number of benzene rings is 2. The molecule has 0 aliphatic rings. The highest BCUT2D eigenvalue weighted by molar-refractivity contribution is 5.92. The topological polar surface area (TPSA) is 55.1 Å². The normalized spacial score (nSPS) is 11.4. The van der Waals surface area contributed by atoms with Crippen LogP contribution < -0.4 is 11.1 Å². The molecule has 0 aliphatic heterocycles. The van der Waals surface area contributed by atoms with E-state index in [4.69, 9.17) is 5.73 Å². The molecule has 1 amide bonds. The molecule has 0 aliphatic carbocycles. The highest BCUT2D eigenvalue weighted by Crippen LogP contribution is 2.24. The summed E-state index contributed by atoms with van der Waals surface area (Å²) in [7, 11) is 0. The van der Waals surface area contributed by atoms with Crippen LogP contribution in [0.3, 0.4) is 0 Å². The number of carbonyl (C=O) groups is 1. The Morgan fingerprint density at radius 1 is 1.09 bits per heavy atom. The molecule has 0 fully saturated rings. The Hall–Kier alpha value is -1.84. The van der Waals surface area contributed by atoms with Crippen LogP contribution >= 0.6 is 12.4 Å². The Morgan fingerprint density at radius 3 is 2.36 bits per heavy atom. The first-order valence-electron chi connectivity index (χ1n) is 7.37. The van der Waals surface area contributed by atoms with Gasteiger partial charge in [-0.1, -0.05) is 55.5 Å². The van der Waals surface area contributed by atoms with Crippen molar-refractivity contribution in [3.05, 3.63) is 65.7 Å². The summed E-state index contributed by atoms with van der Waals surface area (Å²) in [5.74, 6) is 0.280. The number of halogens is 1. The summed E-state index contributed by atoms with van der Waals surface area (Å²) in [6.07, 6.45) is 1.43. The van der Waals surface area contributed by atoms with Gasteiger partial charge in [-0.2, -0.15) is 0 Å². The van der Waals surface area contributed by atoms with Crippen molar-refractivity contribution in [3.63, 3.8) is 0 Å². The van der Waals surface area contributed by atoms with Crippen molar-refractivity contribution in [2.75, 3.05) is 5.32 Å². The van der Waals surface area contributed by atoms with E-state index in [9.17, 15) is 4.79 Å². The average Bonchev–Trinajstić information content (AvgIpc) is 2.54. The van der Waals surface area contributed by atoms with Crippen LogP contribution in [-0.2, 0) is 11.3 Å². The van der Waals surface area contributed by atoms with E-state index in [1.807, 2.05) is 42.5 Å². The van der Waals surface area contributed by atoms with E-state index < -0.39 is 0 Å². The van der Waals surface area contributed by atoms with Crippen LogP contribution in [-0.4, -0.2) is 5.91 Å². The fraction of sp³-hybridized carbons (Fsp3) is 0.278. The number of amides is 1. The highest BCUT2D eigenvalue weighted by Gasteiger charge is 2.14. The second-order valence-electron chi connectivity index (χ2n) is 5.13. The second-order valence-corrected chi connectivity index (χ2v) is 5.13. The van der Waals surface area contributed by atoms with Crippen LogP contribution in [0.5, 0.6) is 0 Å². The van der Waals surface area contributed by atoms with E-state index in [-0.39, 0.29) is 24.2 Å². The van der Waals surface area contributed by atoms with E-state index in [1.165, 1.54) is 5.56 Å². The monoisotopic (exact) mass is 318 g/mol. The minimum atomic E-state index is 0. The van der Waals surface area contributed by atoms with Crippen LogP contribution in [0.15, 0.2) is 54.6 Å². The summed E-state index contributed by atoms with van der Waals surface area (Å²) >= 11 is 0. The Kier molecular flexibility index (Phi) is 7.64. The fourth-order valence-electron chi connectivity index (χ4n) is 2.47. The van der Waals surface area contributed by atoms with E-state index in [0.29, 0.717) is 13.0 Å². The van der Waals surface area contributed by atoms with E-state index in [1.54, 1.807) is 0 Å². The van der Waals surface area contributed by atoms with Gasteiger partial charge in [-0.25, -0.2) is 0 Å². The van der Waals surface area contributed by atoms with Gasteiger partial charge in [0.25, 0.3) is 0 Å². The summed E-state index contributed by atoms with van der Waals surface area (Å²) in [6.45, 7) is 2.53. The molecule has 1 atom stereocenters. The molecule has 0 saturated carbocycles. The van der Waals surface area contributed by atoms with Crippen LogP contribution in [0.4, 0.5) is 5.69 Å². The van der Waals surface area contributed by atoms with E-state index in [0.717, 1.165) is 17.7 Å². The van der Waals surface area contributed by atoms with Gasteiger partial charge in [0.1, 0.15) is 0 Å². The van der Waals surface area contributed by atoms with Gasteiger partial charge in [-0.05, 0) is 29.5 Å². The SMILES string of the molecule is CCC(CC(=O)Nc1ccccc1CN)c1ccccc1.Cl. The number of rotatable bonds is 6. The maximum atomic E-state index is 12.3. The molecule has 4 heteroatoms. The molecule has 1 unspecified atom stereocenters. The zero-order valence-corrected chi connectivity index (χ0v) is 13.6. The minimum Gasteiger partial charge on any atom is -0.326 e. The van der Waals surface area contributed by atoms with Gasteiger partial charge >= 0.3 is 0 Å². The molecular weight excluding hydrogens is 296 g/mol. The molecular formula is C18H23ClN2O. The number of nitrogens with two attached hydrogens (primary N) is 1. The zero-order valence-electron chi connectivity index (χ0n) is 12.8. The van der Waals surface area contributed by atoms with Crippen molar-refractivity contribution in [3.8, 4) is 0 Å². The number of para-hydroxylation sites is 1. The lowest BCUT2D eigenvalue weighted by Crippen LogP contribution is -2.17. The molecule has 0 bridgehead atoms. The fourth-order valence-corrected chi connectivity index (χ4v) is 2.47. The van der Waals surface area contributed by atoms with Crippen LogP contribution in [0, 0.1) is 0 Å². The van der Waals surface area contributed by atoms with Crippen molar-refractivity contribution >= 4 is 24.0 Å². The van der Waals surface area contributed by atoms with Crippen molar-refractivity contribution in [1.82, 2.24) is 0 Å². The van der Waals surface area contributed by atoms with Crippen LogP contribution in [0.2, 0.25) is 0 Å². The van der Waals surface area contributed by atoms with Gasteiger partial charge in [0, 0.05) is 18.7 Å². The number of hydrogen-bond acceptors (Lipinski definition) is 2. The zero-order chi connectivity index (χ0) is 15.1. The Morgan fingerprint density at radius 2 is 1.73 bits per heavy atom. The first-order valence-corrected chi connectivity index (χ1v) is 7.37. The number of nitrogens with one attached hydrogen (secondary N) is 1. The molecule has 0 aromatic heterocycles. The molecule has 22 heavy (non-hydrogen) atoms. The summed E-state index contributed by atoms with van der Waals surface area (Å²) in [5.41, 5.74) is 8.67. The molecule has 0 heterocycles. The van der Waals surface area contributed by atoms with Gasteiger partial charge in [-0.15, -0.1) is 12.4 Å². The lowest BCUT2D eigenvalue weighted by atomic mass is 9.93. The molecule has 3 nitrogen and oxygen atoms in total. The van der Waals surface area contributed by atoms with Crippen molar-refractivity contribution in [2.45, 2.75) is 32.2 Å². The molecule has 0 saturated heterocycles. The smallest absolute Gasteiger partial charge is 0.224 e. The first-order chi connectivity index (χ1) is 10.2. The standard InChI is InChI=1S/C18H22N2O.ClH/c1-2-14(15-8-4-3-5-9-15)12-18(21)20-17-11-7-6-10-16(17)13-19;/h3-11,14H,2,12-13,19H2,1H3,(H,20,21);1H. The lowest BCUT2D eigenvalue weighted by Gasteiger charge is -2.16. The third-order valence-electron chi connectivity index (χ3n) is 3.71. The summed E-state index contributed by atoms with van der Waals surface area (Å²) in [4.78, 5) is 12.3. The Balaban J connectivity index is 0.00000242. The number of carbonyl (C=O) groups excluding carboxylic acids is 1.